The third-order valence-electron chi connectivity index (χ3n) is 0.287. The molecule has 0 amide bonds. The molecule has 46 valence electrons. The molecule has 4 nitrogen and oxygen atoms in total. The Kier molecular flexibility index (Phi) is 11.6. The van der Waals surface area contributed by atoms with Crippen LogP contribution in [0.25, 0.3) is 0 Å². The molecule has 4 heteroatoms. The van der Waals surface area contributed by atoms with Crippen molar-refractivity contribution < 1.29 is 19.1 Å². The van der Waals surface area contributed by atoms with Crippen LogP contribution in [0.15, 0.2) is 0 Å². The summed E-state index contributed by atoms with van der Waals surface area (Å²) in [4.78, 5) is 25.8. The molecule has 0 aliphatic rings. The highest BCUT2D eigenvalue weighted by Gasteiger charge is 1.75. The summed E-state index contributed by atoms with van der Waals surface area (Å²) < 4.78 is 4.11. The van der Waals surface area contributed by atoms with Crippen LogP contribution in [0.3, 0.4) is 0 Å². The lowest BCUT2D eigenvalue weighted by Gasteiger charge is -1.80. The first-order valence-electron chi connectivity index (χ1n) is 1.72. The predicted octanol–water partition coefficient (Wildman–Crippen LogP) is -0.404. The Labute approximate surface area is 46.4 Å². The minimum absolute atomic E-state index is 0.245. The standard InChI is InChI=1S/C3H6O2.CO2/c1-3(4)5-2;2-1-3/h1-2H3;. The second kappa shape index (κ2) is 9.28. The third kappa shape index (κ3) is 99.5. The molecule has 0 rings (SSSR count). The van der Waals surface area contributed by atoms with Crippen molar-refractivity contribution in [2.45, 2.75) is 6.92 Å². The summed E-state index contributed by atoms with van der Waals surface area (Å²) in [6, 6.07) is 0. The molecule has 0 aromatic rings. The van der Waals surface area contributed by atoms with Crippen molar-refractivity contribution in [2.24, 2.45) is 0 Å². The molecule has 0 saturated carbocycles. The number of rotatable bonds is 0. The Morgan fingerprint density at radius 2 is 1.62 bits per heavy atom. The smallest absolute Gasteiger partial charge is 0.373 e. The minimum Gasteiger partial charge on any atom is -0.469 e. The minimum atomic E-state index is -0.245. The van der Waals surface area contributed by atoms with E-state index in [1.54, 1.807) is 0 Å². The molecule has 0 fully saturated rings. The van der Waals surface area contributed by atoms with E-state index in [1.807, 2.05) is 0 Å². The summed E-state index contributed by atoms with van der Waals surface area (Å²) >= 11 is 0. The third-order valence-corrected chi connectivity index (χ3v) is 0.287. The van der Waals surface area contributed by atoms with E-state index in [0.717, 1.165) is 0 Å². The Morgan fingerprint density at radius 1 is 1.50 bits per heavy atom. The fourth-order valence-electron chi connectivity index (χ4n) is 0. The molecular weight excluding hydrogens is 112 g/mol. The molecule has 0 bridgehead atoms. The molecule has 8 heavy (non-hydrogen) atoms. The van der Waals surface area contributed by atoms with Crippen molar-refractivity contribution >= 4 is 12.1 Å². The van der Waals surface area contributed by atoms with E-state index in [-0.39, 0.29) is 12.1 Å². The van der Waals surface area contributed by atoms with Crippen LogP contribution in [0.5, 0.6) is 0 Å². The van der Waals surface area contributed by atoms with Gasteiger partial charge in [0, 0.05) is 6.92 Å². The molecular formula is C4H6O4. The second-order valence-electron chi connectivity index (χ2n) is 0.779. The zero-order chi connectivity index (χ0) is 6.99. The van der Waals surface area contributed by atoms with Gasteiger partial charge in [0.15, 0.2) is 0 Å². The molecule has 0 aromatic carbocycles. The first-order chi connectivity index (χ1) is 3.68. The average Bonchev–Trinajstić information content (AvgIpc) is 1.69. The maximum absolute atomic E-state index is 9.59. The summed E-state index contributed by atoms with van der Waals surface area (Å²) in [5, 5.41) is 0. The van der Waals surface area contributed by atoms with Crippen molar-refractivity contribution in [3.8, 4) is 0 Å². The van der Waals surface area contributed by atoms with Crippen LogP contribution in [0, 0.1) is 0 Å². The molecule has 0 aliphatic heterocycles. The van der Waals surface area contributed by atoms with Crippen LogP contribution >= 0.6 is 0 Å². The van der Waals surface area contributed by atoms with E-state index in [2.05, 4.69) is 4.74 Å². The number of methoxy groups -OCH3 is 1. The average molecular weight is 118 g/mol. The Balaban J connectivity index is 0. The van der Waals surface area contributed by atoms with Gasteiger partial charge in [0.25, 0.3) is 0 Å². The quantitative estimate of drug-likeness (QED) is 0.406. The summed E-state index contributed by atoms with van der Waals surface area (Å²) in [5.41, 5.74) is 0. The van der Waals surface area contributed by atoms with Crippen LogP contribution in [-0.2, 0) is 19.1 Å². The highest BCUT2D eigenvalue weighted by Crippen LogP contribution is 1.60. The fraction of sp³-hybridized carbons (Fsp3) is 0.500. The van der Waals surface area contributed by atoms with Crippen molar-refractivity contribution in [1.29, 1.82) is 0 Å². The van der Waals surface area contributed by atoms with Crippen LogP contribution in [0.2, 0.25) is 0 Å². The van der Waals surface area contributed by atoms with Crippen LogP contribution in [0.1, 0.15) is 6.92 Å². The summed E-state index contributed by atoms with van der Waals surface area (Å²) in [5.74, 6) is -0.245. The Hall–Kier alpha value is -1.15. The molecule has 0 atom stereocenters. The first-order valence-corrected chi connectivity index (χ1v) is 1.72. The van der Waals surface area contributed by atoms with Gasteiger partial charge in [-0.05, 0) is 0 Å². The van der Waals surface area contributed by atoms with Gasteiger partial charge in [-0.25, -0.2) is 0 Å². The van der Waals surface area contributed by atoms with Gasteiger partial charge in [-0.2, -0.15) is 9.59 Å². The van der Waals surface area contributed by atoms with Gasteiger partial charge in [-0.1, -0.05) is 0 Å². The number of carbonyl (C=O) groups excluding carboxylic acids is 3. The van der Waals surface area contributed by atoms with E-state index >= 15 is 0 Å². The number of hydrogen-bond donors (Lipinski definition) is 0. The Morgan fingerprint density at radius 3 is 1.62 bits per heavy atom. The van der Waals surface area contributed by atoms with Crippen LogP contribution in [-0.4, -0.2) is 19.2 Å². The van der Waals surface area contributed by atoms with E-state index in [0.29, 0.717) is 0 Å². The van der Waals surface area contributed by atoms with Crippen molar-refractivity contribution in [3.63, 3.8) is 0 Å². The predicted molar refractivity (Wildman–Crippen MR) is 22.7 cm³/mol. The SMILES string of the molecule is COC(C)=O.O=C=O. The van der Waals surface area contributed by atoms with E-state index in [9.17, 15) is 4.79 Å². The fourth-order valence-corrected chi connectivity index (χ4v) is 0. The van der Waals surface area contributed by atoms with Gasteiger partial charge < -0.3 is 4.74 Å². The second-order valence-corrected chi connectivity index (χ2v) is 0.779. The van der Waals surface area contributed by atoms with Gasteiger partial charge in [-0.3, -0.25) is 4.79 Å². The first kappa shape index (κ1) is 9.97. The zero-order valence-electron chi connectivity index (χ0n) is 4.63. The maximum Gasteiger partial charge on any atom is 0.373 e. The number of ether oxygens (including phenoxy) is 1. The van der Waals surface area contributed by atoms with Crippen molar-refractivity contribution in [3.05, 3.63) is 0 Å². The number of hydrogen-bond acceptors (Lipinski definition) is 4. The summed E-state index contributed by atoms with van der Waals surface area (Å²) in [6.07, 6.45) is 0.250. The molecule has 0 unspecified atom stereocenters. The molecule has 0 spiro atoms. The van der Waals surface area contributed by atoms with Crippen molar-refractivity contribution in [1.82, 2.24) is 0 Å². The monoisotopic (exact) mass is 118 g/mol. The summed E-state index contributed by atoms with van der Waals surface area (Å²) in [6.45, 7) is 1.36. The summed E-state index contributed by atoms with van der Waals surface area (Å²) in [7, 11) is 1.35. The highest BCUT2D eigenvalue weighted by atomic mass is 16.5. The van der Waals surface area contributed by atoms with Gasteiger partial charge in [0.1, 0.15) is 0 Å². The topological polar surface area (TPSA) is 60.4 Å². The van der Waals surface area contributed by atoms with Crippen LogP contribution < -0.4 is 0 Å². The number of esters is 1. The Bertz CT molecular complexity index is 90.2. The van der Waals surface area contributed by atoms with Gasteiger partial charge in [0.05, 0.1) is 7.11 Å². The molecule has 0 saturated heterocycles. The zero-order valence-corrected chi connectivity index (χ0v) is 4.63. The molecule has 0 aliphatic carbocycles. The molecule has 0 radical (unpaired) electrons. The van der Waals surface area contributed by atoms with Gasteiger partial charge in [0.2, 0.25) is 0 Å². The lowest BCUT2D eigenvalue weighted by Crippen LogP contribution is -1.88. The van der Waals surface area contributed by atoms with E-state index in [4.69, 9.17) is 9.59 Å². The maximum atomic E-state index is 9.59. The van der Waals surface area contributed by atoms with Crippen molar-refractivity contribution in [2.75, 3.05) is 7.11 Å². The van der Waals surface area contributed by atoms with Gasteiger partial charge in [-0.15, -0.1) is 0 Å². The number of carbonyl (C=O) groups is 1. The highest BCUT2D eigenvalue weighted by molar-refractivity contribution is 5.65. The normalized spacial score (nSPS) is 5.25. The largest absolute Gasteiger partial charge is 0.469 e. The van der Waals surface area contributed by atoms with Crippen LogP contribution in [0.4, 0.5) is 0 Å². The molecule has 0 heterocycles. The van der Waals surface area contributed by atoms with E-state index in [1.165, 1.54) is 14.0 Å². The van der Waals surface area contributed by atoms with E-state index < -0.39 is 0 Å². The molecule has 0 N–H and O–H groups in total. The lowest BCUT2D eigenvalue weighted by molar-refractivity contribution is -0.191. The van der Waals surface area contributed by atoms with Gasteiger partial charge >= 0.3 is 12.1 Å². The molecule has 0 aromatic heterocycles. The lowest BCUT2D eigenvalue weighted by atomic mass is 10.8.